The van der Waals surface area contributed by atoms with Gasteiger partial charge in [0.25, 0.3) is 5.69 Å². The number of hydrogen-bond donors (Lipinski definition) is 1. The van der Waals surface area contributed by atoms with Gasteiger partial charge in [-0.2, -0.15) is 17.5 Å². The Morgan fingerprint density at radius 1 is 1.10 bits per heavy atom. The molecule has 0 bridgehead atoms. The molecule has 31 heavy (non-hydrogen) atoms. The highest BCUT2D eigenvalue weighted by Crippen LogP contribution is 2.37. The predicted molar refractivity (Wildman–Crippen MR) is 105 cm³/mol. The number of halogens is 3. The summed E-state index contributed by atoms with van der Waals surface area (Å²) in [5, 5.41) is 13.3. The van der Waals surface area contributed by atoms with Crippen molar-refractivity contribution in [1.82, 2.24) is 4.31 Å². The quantitative estimate of drug-likeness (QED) is 0.386. The molecule has 1 heterocycles. The number of nitrogens with zero attached hydrogens (tertiary/aromatic N) is 2. The molecule has 2 aromatic rings. The molecule has 0 amide bonds. The molecule has 8 nitrogen and oxygen atoms in total. The number of nitro groups is 1. The van der Waals surface area contributed by atoms with Crippen molar-refractivity contribution in [3.63, 3.8) is 0 Å². The van der Waals surface area contributed by atoms with Gasteiger partial charge in [0, 0.05) is 30.4 Å². The summed E-state index contributed by atoms with van der Waals surface area (Å²) in [6, 6.07) is 7.66. The van der Waals surface area contributed by atoms with Crippen molar-refractivity contribution in [3.8, 4) is 0 Å². The number of carbonyl (C=O) groups excluding carboxylic acids is 1. The smallest absolute Gasteiger partial charge is 0.378 e. The van der Waals surface area contributed by atoms with E-state index in [0.29, 0.717) is 25.2 Å². The number of rotatable bonds is 7. The molecular formula is C19H18F3N3O5S. The number of carbonyl (C=O) groups is 1. The van der Waals surface area contributed by atoms with E-state index in [1.54, 1.807) is 0 Å². The summed E-state index contributed by atoms with van der Waals surface area (Å²) >= 11 is 0. The van der Waals surface area contributed by atoms with Crippen LogP contribution in [0.15, 0.2) is 47.4 Å². The number of sulfonamides is 1. The van der Waals surface area contributed by atoms with Crippen molar-refractivity contribution >= 4 is 27.2 Å². The van der Waals surface area contributed by atoms with Crippen LogP contribution in [0.2, 0.25) is 0 Å². The molecule has 0 aromatic heterocycles. The topological polar surface area (TPSA) is 110 Å². The molecule has 0 atom stereocenters. The van der Waals surface area contributed by atoms with E-state index in [0.717, 1.165) is 18.9 Å². The van der Waals surface area contributed by atoms with Crippen LogP contribution in [-0.4, -0.2) is 43.1 Å². The van der Waals surface area contributed by atoms with Crippen LogP contribution in [0.1, 0.15) is 28.8 Å². The SMILES string of the molecule is O=C(CNc1ccc([N+](=O)[O-])c(C(F)(F)F)c1)c1ccc(S(=O)(=O)N2CCCC2)cc1. The Balaban J connectivity index is 1.70. The van der Waals surface area contributed by atoms with E-state index in [1.165, 1.54) is 28.6 Å². The van der Waals surface area contributed by atoms with Crippen LogP contribution < -0.4 is 5.32 Å². The molecule has 0 radical (unpaired) electrons. The molecule has 3 rings (SSSR count). The summed E-state index contributed by atoms with van der Waals surface area (Å²) in [4.78, 5) is 22.1. The molecule has 2 aromatic carbocycles. The van der Waals surface area contributed by atoms with Gasteiger partial charge in [-0.25, -0.2) is 8.42 Å². The Morgan fingerprint density at radius 3 is 2.26 bits per heavy atom. The third-order valence-corrected chi connectivity index (χ3v) is 6.74. The molecule has 1 fully saturated rings. The van der Waals surface area contributed by atoms with E-state index < -0.39 is 38.2 Å². The Kier molecular flexibility index (Phi) is 6.32. The predicted octanol–water partition coefficient (Wildman–Crippen LogP) is 3.69. The molecule has 1 aliphatic heterocycles. The first kappa shape index (κ1) is 22.7. The lowest BCUT2D eigenvalue weighted by molar-refractivity contribution is -0.388. The number of Topliss-reactive ketones (excluding diaryl/α,β-unsaturated/α-hetero) is 1. The fourth-order valence-corrected chi connectivity index (χ4v) is 4.72. The summed E-state index contributed by atoms with van der Waals surface area (Å²) in [5.74, 6) is -0.489. The van der Waals surface area contributed by atoms with Crippen molar-refractivity contribution in [3.05, 3.63) is 63.7 Å². The van der Waals surface area contributed by atoms with Crippen LogP contribution in [0.25, 0.3) is 0 Å². The van der Waals surface area contributed by atoms with E-state index in [2.05, 4.69) is 5.32 Å². The van der Waals surface area contributed by atoms with Gasteiger partial charge in [-0.05, 0) is 49.2 Å². The minimum Gasteiger partial charge on any atom is -0.378 e. The second kappa shape index (κ2) is 8.63. The first-order valence-corrected chi connectivity index (χ1v) is 10.7. The number of nitrogens with one attached hydrogen (secondary N) is 1. The van der Waals surface area contributed by atoms with Crippen molar-refractivity contribution in [1.29, 1.82) is 0 Å². The second-order valence-electron chi connectivity index (χ2n) is 6.90. The first-order chi connectivity index (χ1) is 14.5. The Hall–Kier alpha value is -2.99. The van der Waals surface area contributed by atoms with Gasteiger partial charge in [0.1, 0.15) is 5.56 Å². The Labute approximate surface area is 175 Å². The lowest BCUT2D eigenvalue weighted by atomic mass is 10.1. The van der Waals surface area contributed by atoms with Crippen LogP contribution in [0.5, 0.6) is 0 Å². The maximum atomic E-state index is 13.0. The average molecular weight is 457 g/mol. The summed E-state index contributed by atoms with van der Waals surface area (Å²) < 4.78 is 65.5. The van der Waals surface area contributed by atoms with Gasteiger partial charge in [-0.15, -0.1) is 0 Å². The fraction of sp³-hybridized carbons (Fsp3) is 0.316. The molecule has 0 aliphatic carbocycles. The van der Waals surface area contributed by atoms with E-state index in [4.69, 9.17) is 0 Å². The zero-order chi connectivity index (χ0) is 22.8. The zero-order valence-corrected chi connectivity index (χ0v) is 16.9. The van der Waals surface area contributed by atoms with Gasteiger partial charge in [0.05, 0.1) is 16.4 Å². The maximum Gasteiger partial charge on any atom is 0.423 e. The number of alkyl halides is 3. The number of ketones is 1. The minimum atomic E-state index is -4.93. The first-order valence-electron chi connectivity index (χ1n) is 9.23. The molecule has 1 aliphatic rings. The van der Waals surface area contributed by atoms with E-state index in [-0.39, 0.29) is 22.7 Å². The van der Waals surface area contributed by atoms with Crippen molar-refractivity contribution < 1.29 is 31.3 Å². The van der Waals surface area contributed by atoms with Crippen molar-refractivity contribution in [2.45, 2.75) is 23.9 Å². The van der Waals surface area contributed by atoms with Gasteiger partial charge < -0.3 is 5.32 Å². The standard InChI is InChI=1S/C19H18F3N3O5S/c20-19(21,22)16-11-14(5-8-17(16)25(27)28)23-12-18(26)13-3-6-15(7-4-13)31(29,30)24-9-1-2-10-24/h3-8,11,23H,1-2,9-10,12H2. The third-order valence-electron chi connectivity index (χ3n) is 4.83. The van der Waals surface area contributed by atoms with Gasteiger partial charge in [-0.1, -0.05) is 0 Å². The van der Waals surface area contributed by atoms with Crippen molar-refractivity contribution in [2.75, 3.05) is 25.0 Å². The van der Waals surface area contributed by atoms with Crippen LogP contribution in [-0.2, 0) is 16.2 Å². The molecule has 0 saturated carbocycles. The lowest BCUT2D eigenvalue weighted by Crippen LogP contribution is -2.27. The minimum absolute atomic E-state index is 0.0593. The number of anilines is 1. The summed E-state index contributed by atoms with van der Waals surface area (Å²) in [6.07, 6.45) is -3.35. The molecule has 0 spiro atoms. The average Bonchev–Trinajstić information content (AvgIpc) is 3.27. The molecule has 1 N–H and O–H groups in total. The highest BCUT2D eigenvalue weighted by Gasteiger charge is 2.38. The third kappa shape index (κ3) is 5.02. The zero-order valence-electron chi connectivity index (χ0n) is 16.1. The molecule has 0 unspecified atom stereocenters. The van der Waals surface area contributed by atoms with Crippen LogP contribution in [0, 0.1) is 10.1 Å². The number of benzene rings is 2. The van der Waals surface area contributed by atoms with E-state index in [9.17, 15) is 36.5 Å². The van der Waals surface area contributed by atoms with E-state index >= 15 is 0 Å². The fourth-order valence-electron chi connectivity index (χ4n) is 3.21. The molecule has 1 saturated heterocycles. The monoisotopic (exact) mass is 457 g/mol. The molecular weight excluding hydrogens is 439 g/mol. The van der Waals surface area contributed by atoms with Crippen LogP contribution >= 0.6 is 0 Å². The molecule has 12 heteroatoms. The van der Waals surface area contributed by atoms with Gasteiger partial charge in [-0.3, -0.25) is 14.9 Å². The van der Waals surface area contributed by atoms with Gasteiger partial charge >= 0.3 is 6.18 Å². The van der Waals surface area contributed by atoms with E-state index in [1.807, 2.05) is 0 Å². The number of hydrogen-bond acceptors (Lipinski definition) is 6. The largest absolute Gasteiger partial charge is 0.423 e. The number of nitro benzene ring substituents is 1. The highest BCUT2D eigenvalue weighted by atomic mass is 32.2. The molecule has 166 valence electrons. The van der Waals surface area contributed by atoms with Crippen LogP contribution in [0.4, 0.5) is 24.5 Å². The highest BCUT2D eigenvalue weighted by molar-refractivity contribution is 7.89. The van der Waals surface area contributed by atoms with Gasteiger partial charge in [0.15, 0.2) is 5.78 Å². The van der Waals surface area contributed by atoms with Crippen LogP contribution in [0.3, 0.4) is 0 Å². The van der Waals surface area contributed by atoms with Crippen molar-refractivity contribution in [2.24, 2.45) is 0 Å². The Morgan fingerprint density at radius 2 is 1.71 bits per heavy atom. The lowest BCUT2D eigenvalue weighted by Gasteiger charge is -2.15. The normalized spacial score (nSPS) is 15.1. The Bertz CT molecular complexity index is 1100. The second-order valence-corrected chi connectivity index (χ2v) is 8.84. The maximum absolute atomic E-state index is 13.0. The summed E-state index contributed by atoms with van der Waals surface area (Å²) in [6.45, 7) is 0.511. The summed E-state index contributed by atoms with van der Waals surface area (Å²) in [7, 11) is -3.62. The summed E-state index contributed by atoms with van der Waals surface area (Å²) in [5.41, 5.74) is -2.45. The van der Waals surface area contributed by atoms with Gasteiger partial charge in [0.2, 0.25) is 10.0 Å².